The summed E-state index contributed by atoms with van der Waals surface area (Å²) < 4.78 is 17.4. The van der Waals surface area contributed by atoms with Crippen LogP contribution >= 0.6 is 0 Å². The van der Waals surface area contributed by atoms with Gasteiger partial charge < -0.3 is 18.8 Å². The zero-order valence-electron chi connectivity index (χ0n) is 15.0. The van der Waals surface area contributed by atoms with Gasteiger partial charge >= 0.3 is 5.76 Å². The summed E-state index contributed by atoms with van der Waals surface area (Å²) >= 11 is 0. The summed E-state index contributed by atoms with van der Waals surface area (Å²) in [5.41, 5.74) is 2.30. The first-order valence-corrected chi connectivity index (χ1v) is 8.83. The molecule has 2 aromatic carbocycles. The van der Waals surface area contributed by atoms with Crippen molar-refractivity contribution in [2.24, 2.45) is 0 Å². The van der Waals surface area contributed by atoms with E-state index in [1.54, 1.807) is 22.6 Å². The lowest BCUT2D eigenvalue weighted by Gasteiger charge is -2.17. The molecule has 4 rings (SSSR count). The Morgan fingerprint density at radius 2 is 1.96 bits per heavy atom. The van der Waals surface area contributed by atoms with Crippen molar-refractivity contribution in [3.8, 4) is 11.5 Å². The molecule has 0 radical (unpaired) electrons. The molecule has 2 heterocycles. The van der Waals surface area contributed by atoms with Crippen molar-refractivity contribution in [2.75, 3.05) is 13.8 Å². The van der Waals surface area contributed by atoms with Crippen molar-refractivity contribution >= 4 is 17.0 Å². The topological polar surface area (TPSA) is 73.9 Å². The minimum absolute atomic E-state index is 0.0218. The monoisotopic (exact) mass is 368 g/mol. The second-order valence-corrected chi connectivity index (χ2v) is 6.53. The lowest BCUT2D eigenvalue weighted by molar-refractivity contribution is -0.130. The van der Waals surface area contributed by atoms with Crippen molar-refractivity contribution < 1.29 is 18.7 Å². The maximum Gasteiger partial charge on any atom is 0.419 e. The molecule has 0 spiro atoms. The van der Waals surface area contributed by atoms with Crippen LogP contribution in [0.25, 0.3) is 11.1 Å². The third-order valence-corrected chi connectivity index (χ3v) is 4.63. The number of carbonyl (C=O) groups excluding carboxylic acids is 1. The minimum atomic E-state index is -0.391. The van der Waals surface area contributed by atoms with E-state index in [2.05, 4.69) is 0 Å². The number of ether oxygens (including phenoxy) is 2. The number of aryl methyl sites for hydroxylation is 1. The highest BCUT2D eigenvalue weighted by atomic mass is 16.7. The van der Waals surface area contributed by atoms with Crippen molar-refractivity contribution in [3.05, 3.63) is 58.6 Å². The Kier molecular flexibility index (Phi) is 4.58. The van der Waals surface area contributed by atoms with Crippen LogP contribution in [0.5, 0.6) is 11.5 Å². The molecule has 1 amide bonds. The van der Waals surface area contributed by atoms with E-state index in [9.17, 15) is 9.59 Å². The van der Waals surface area contributed by atoms with Gasteiger partial charge in [0.2, 0.25) is 12.7 Å². The summed E-state index contributed by atoms with van der Waals surface area (Å²) in [6.45, 7) is 1.17. The number of rotatable bonds is 6. The highest BCUT2D eigenvalue weighted by Crippen LogP contribution is 2.32. The summed E-state index contributed by atoms with van der Waals surface area (Å²) in [5.74, 6) is 1.07. The van der Waals surface area contributed by atoms with Crippen LogP contribution in [-0.2, 0) is 17.9 Å². The molecule has 7 heteroatoms. The summed E-state index contributed by atoms with van der Waals surface area (Å²) in [7, 11) is 1.77. The number of fused-ring (bicyclic) bond motifs is 2. The predicted molar refractivity (Wildman–Crippen MR) is 98.7 cm³/mol. The molecule has 0 atom stereocenters. The van der Waals surface area contributed by atoms with Crippen LogP contribution in [0.1, 0.15) is 18.4 Å². The van der Waals surface area contributed by atoms with Gasteiger partial charge in [0.05, 0.1) is 5.52 Å². The second kappa shape index (κ2) is 7.19. The van der Waals surface area contributed by atoms with E-state index in [0.29, 0.717) is 37.3 Å². The summed E-state index contributed by atoms with van der Waals surface area (Å²) in [6.07, 6.45) is 0.917. The number of oxazole rings is 1. The number of amides is 1. The summed E-state index contributed by atoms with van der Waals surface area (Å²) in [5, 5.41) is 0. The van der Waals surface area contributed by atoms with Gasteiger partial charge in [0.1, 0.15) is 0 Å². The molecule has 7 nitrogen and oxygen atoms in total. The first-order valence-electron chi connectivity index (χ1n) is 8.83. The Labute approximate surface area is 155 Å². The first kappa shape index (κ1) is 17.2. The molecule has 1 aliphatic heterocycles. The van der Waals surface area contributed by atoms with E-state index in [1.807, 2.05) is 36.4 Å². The van der Waals surface area contributed by atoms with Gasteiger partial charge in [0.25, 0.3) is 0 Å². The molecule has 0 unspecified atom stereocenters. The number of hydrogen-bond donors (Lipinski definition) is 0. The van der Waals surface area contributed by atoms with E-state index in [1.165, 1.54) is 0 Å². The smallest absolute Gasteiger partial charge is 0.419 e. The lowest BCUT2D eigenvalue weighted by atomic mass is 10.2. The molecule has 1 aromatic heterocycles. The standard InChI is InChI=1S/C20H20N2O5/c1-21(12-14-8-9-17-18(11-14)26-13-25-17)19(23)7-4-10-22-15-5-2-3-6-16(15)27-20(22)24/h2-3,5-6,8-9,11H,4,7,10,12-13H2,1H3. The highest BCUT2D eigenvalue weighted by Gasteiger charge is 2.16. The fourth-order valence-corrected chi connectivity index (χ4v) is 3.21. The molecule has 1 aliphatic rings. The average molecular weight is 368 g/mol. The lowest BCUT2D eigenvalue weighted by Crippen LogP contribution is -2.26. The van der Waals surface area contributed by atoms with Gasteiger partial charge in [-0.25, -0.2) is 4.79 Å². The van der Waals surface area contributed by atoms with Crippen LogP contribution in [0.2, 0.25) is 0 Å². The van der Waals surface area contributed by atoms with E-state index in [0.717, 1.165) is 16.8 Å². The van der Waals surface area contributed by atoms with Gasteiger partial charge in [-0.2, -0.15) is 0 Å². The van der Waals surface area contributed by atoms with Gasteiger partial charge in [-0.3, -0.25) is 9.36 Å². The number of nitrogens with zero attached hydrogens (tertiary/aromatic N) is 2. The third kappa shape index (κ3) is 3.53. The minimum Gasteiger partial charge on any atom is -0.454 e. The fraction of sp³-hybridized carbons (Fsp3) is 0.300. The van der Waals surface area contributed by atoms with E-state index >= 15 is 0 Å². The van der Waals surface area contributed by atoms with Gasteiger partial charge in [-0.1, -0.05) is 18.2 Å². The van der Waals surface area contributed by atoms with Crippen molar-refractivity contribution in [1.82, 2.24) is 9.47 Å². The van der Waals surface area contributed by atoms with Gasteiger partial charge in [0.15, 0.2) is 17.1 Å². The molecule has 0 fully saturated rings. The molecule has 0 aliphatic carbocycles. The van der Waals surface area contributed by atoms with Crippen LogP contribution in [-0.4, -0.2) is 29.2 Å². The summed E-state index contributed by atoms with van der Waals surface area (Å²) in [4.78, 5) is 26.1. The fourth-order valence-electron chi connectivity index (χ4n) is 3.21. The van der Waals surface area contributed by atoms with Gasteiger partial charge in [0, 0.05) is 26.6 Å². The van der Waals surface area contributed by atoms with Crippen LogP contribution in [0.15, 0.2) is 51.7 Å². The van der Waals surface area contributed by atoms with E-state index in [4.69, 9.17) is 13.9 Å². The number of aromatic nitrogens is 1. The van der Waals surface area contributed by atoms with Crippen molar-refractivity contribution in [2.45, 2.75) is 25.9 Å². The Hall–Kier alpha value is -3.22. The largest absolute Gasteiger partial charge is 0.454 e. The number of carbonyl (C=O) groups is 1. The molecule has 0 saturated carbocycles. The number of hydrogen-bond acceptors (Lipinski definition) is 5. The maximum absolute atomic E-state index is 12.4. The van der Waals surface area contributed by atoms with Crippen molar-refractivity contribution in [1.29, 1.82) is 0 Å². The molecule has 0 bridgehead atoms. The highest BCUT2D eigenvalue weighted by molar-refractivity contribution is 5.76. The zero-order chi connectivity index (χ0) is 18.8. The van der Waals surface area contributed by atoms with Gasteiger partial charge in [-0.05, 0) is 36.2 Å². The van der Waals surface area contributed by atoms with E-state index in [-0.39, 0.29) is 12.7 Å². The van der Waals surface area contributed by atoms with Crippen LogP contribution in [0.4, 0.5) is 0 Å². The van der Waals surface area contributed by atoms with Crippen LogP contribution in [0, 0.1) is 0 Å². The molecule has 0 saturated heterocycles. The maximum atomic E-state index is 12.4. The predicted octanol–water partition coefficient (Wildman–Crippen LogP) is 2.76. The van der Waals surface area contributed by atoms with Gasteiger partial charge in [-0.15, -0.1) is 0 Å². The number of benzene rings is 2. The van der Waals surface area contributed by atoms with E-state index < -0.39 is 5.76 Å². The Morgan fingerprint density at radius 1 is 1.15 bits per heavy atom. The Bertz CT molecular complexity index is 1040. The molecular formula is C20H20N2O5. The SMILES string of the molecule is CN(Cc1ccc2c(c1)OCO2)C(=O)CCCn1c(=O)oc2ccccc21. The molecule has 140 valence electrons. The molecule has 0 N–H and O–H groups in total. The Balaban J connectivity index is 1.33. The normalized spacial score (nSPS) is 12.5. The third-order valence-electron chi connectivity index (χ3n) is 4.63. The Morgan fingerprint density at radius 3 is 2.85 bits per heavy atom. The number of para-hydroxylation sites is 2. The van der Waals surface area contributed by atoms with Crippen LogP contribution < -0.4 is 15.2 Å². The molecular weight excluding hydrogens is 348 g/mol. The zero-order valence-corrected chi connectivity index (χ0v) is 15.0. The first-order chi connectivity index (χ1) is 13.1. The molecule has 3 aromatic rings. The molecule has 27 heavy (non-hydrogen) atoms. The second-order valence-electron chi connectivity index (χ2n) is 6.53. The summed E-state index contributed by atoms with van der Waals surface area (Å²) in [6, 6.07) is 13.0. The quantitative estimate of drug-likeness (QED) is 0.669. The van der Waals surface area contributed by atoms with Crippen molar-refractivity contribution in [3.63, 3.8) is 0 Å². The average Bonchev–Trinajstić information content (AvgIpc) is 3.25. The van der Waals surface area contributed by atoms with Crippen LogP contribution in [0.3, 0.4) is 0 Å².